The Hall–Kier alpha value is -5.45. The van der Waals surface area contributed by atoms with Gasteiger partial charge in [-0.1, -0.05) is 24.3 Å². The number of carboxylic acid groups (broad SMARTS) is 1. The number of ether oxygens (including phenoxy) is 3. The first-order valence-electron chi connectivity index (χ1n) is 16.8. The summed E-state index contributed by atoms with van der Waals surface area (Å²) in [6, 6.07) is 16.4. The maximum Gasteiger partial charge on any atom is 0.416 e. The zero-order chi connectivity index (χ0) is 39.9. The molecule has 1 atom stereocenters. The largest absolute Gasteiger partial charge is 0.497 e. The van der Waals surface area contributed by atoms with Crippen molar-refractivity contribution < 1.29 is 63.7 Å². The first-order chi connectivity index (χ1) is 25.9. The van der Waals surface area contributed by atoms with Crippen LogP contribution in [0.3, 0.4) is 0 Å². The minimum absolute atomic E-state index is 0.00648. The number of carbonyl (C=O) groups excluding carboxylic acids is 1. The molecule has 0 aromatic heterocycles. The molecule has 0 saturated heterocycles. The van der Waals surface area contributed by atoms with Gasteiger partial charge in [0.25, 0.3) is 10.0 Å². The Kier molecular flexibility index (Phi) is 10.7. The van der Waals surface area contributed by atoms with Crippen molar-refractivity contribution in [2.75, 3.05) is 18.0 Å². The first-order valence-corrected chi connectivity index (χ1v) is 18.2. The molecule has 2 aliphatic rings. The van der Waals surface area contributed by atoms with Crippen LogP contribution in [0.1, 0.15) is 37.3 Å². The Morgan fingerprint density at radius 3 is 2.31 bits per heavy atom. The highest BCUT2D eigenvalue weighted by Gasteiger charge is 2.55. The highest BCUT2D eigenvalue weighted by atomic mass is 32.2. The highest BCUT2D eigenvalue weighted by molar-refractivity contribution is 7.92. The second kappa shape index (κ2) is 15.0. The van der Waals surface area contributed by atoms with Crippen molar-refractivity contribution in [3.8, 4) is 28.4 Å². The highest BCUT2D eigenvalue weighted by Crippen LogP contribution is 2.50. The van der Waals surface area contributed by atoms with Gasteiger partial charge >= 0.3 is 18.8 Å². The number of hydrogen-bond acceptors (Lipinski definition) is 7. The number of carbonyl (C=O) groups is 2. The van der Waals surface area contributed by atoms with Crippen LogP contribution in [0, 0.1) is 11.2 Å². The molecule has 0 spiro atoms. The molecule has 6 rings (SSSR count). The maximum atomic E-state index is 14.5. The molecule has 4 aromatic carbocycles. The number of nitrogens with zero attached hydrogens (tertiary/aromatic N) is 2. The van der Waals surface area contributed by atoms with Crippen molar-refractivity contribution in [2.24, 2.45) is 5.41 Å². The van der Waals surface area contributed by atoms with Crippen molar-refractivity contribution in [3.63, 3.8) is 0 Å². The van der Waals surface area contributed by atoms with E-state index in [-0.39, 0.29) is 54.3 Å². The van der Waals surface area contributed by atoms with E-state index in [9.17, 15) is 49.5 Å². The lowest BCUT2D eigenvalue weighted by molar-refractivity contribution is -0.166. The van der Waals surface area contributed by atoms with Gasteiger partial charge in [-0.05, 0) is 84.1 Å². The molecule has 1 saturated carbocycles. The van der Waals surface area contributed by atoms with Crippen molar-refractivity contribution >= 4 is 27.6 Å². The van der Waals surface area contributed by atoms with E-state index in [4.69, 9.17) is 9.47 Å². The van der Waals surface area contributed by atoms with Crippen LogP contribution in [0.2, 0.25) is 0 Å². The topological polar surface area (TPSA) is 123 Å². The van der Waals surface area contributed by atoms with Crippen LogP contribution in [0.5, 0.6) is 17.2 Å². The van der Waals surface area contributed by atoms with Crippen molar-refractivity contribution in [1.82, 2.24) is 4.90 Å². The van der Waals surface area contributed by atoms with Crippen LogP contribution in [-0.4, -0.2) is 62.7 Å². The number of alkyl halides is 5. The number of halogens is 6. The zero-order valence-electron chi connectivity index (χ0n) is 29.2. The summed E-state index contributed by atoms with van der Waals surface area (Å²) in [7, 11) is -3.30. The summed E-state index contributed by atoms with van der Waals surface area (Å²) in [5, 5.41) is 10.5. The molecule has 0 radical (unpaired) electrons. The lowest BCUT2D eigenvalue weighted by Crippen LogP contribution is -2.58. The molecule has 10 nitrogen and oxygen atoms in total. The van der Waals surface area contributed by atoms with Gasteiger partial charge in [-0.15, -0.1) is 0 Å². The number of rotatable bonds is 12. The number of sulfonamides is 1. The second-order valence-corrected chi connectivity index (χ2v) is 15.2. The van der Waals surface area contributed by atoms with Gasteiger partial charge in [0.15, 0.2) is 0 Å². The smallest absolute Gasteiger partial charge is 0.416 e. The van der Waals surface area contributed by atoms with E-state index in [0.717, 1.165) is 40.2 Å². The van der Waals surface area contributed by atoms with Crippen LogP contribution < -0.4 is 18.5 Å². The summed E-state index contributed by atoms with van der Waals surface area (Å²) in [5.74, 6) is -2.43. The zero-order valence-corrected chi connectivity index (χ0v) is 30.0. The Labute approximate surface area is 311 Å². The van der Waals surface area contributed by atoms with Crippen LogP contribution in [-0.2, 0) is 32.3 Å². The maximum absolute atomic E-state index is 14.5. The van der Waals surface area contributed by atoms with Crippen LogP contribution in [0.4, 0.5) is 32.0 Å². The molecule has 1 aliphatic carbocycles. The number of hydrogen-bond donors (Lipinski definition) is 1. The van der Waals surface area contributed by atoms with E-state index >= 15 is 0 Å². The number of methoxy groups -OCH3 is 1. The third-order valence-electron chi connectivity index (χ3n) is 9.75. The molecule has 1 fully saturated rings. The van der Waals surface area contributed by atoms with Gasteiger partial charge in [-0.3, -0.25) is 13.9 Å². The van der Waals surface area contributed by atoms with Crippen molar-refractivity contribution in [1.29, 1.82) is 0 Å². The summed E-state index contributed by atoms with van der Waals surface area (Å²) in [6.07, 6.45) is -6.24. The van der Waals surface area contributed by atoms with E-state index in [0.29, 0.717) is 17.9 Å². The van der Waals surface area contributed by atoms with Crippen molar-refractivity contribution in [2.45, 2.75) is 62.6 Å². The van der Waals surface area contributed by atoms with E-state index in [1.165, 1.54) is 32.2 Å². The quantitative estimate of drug-likeness (QED) is 0.145. The Morgan fingerprint density at radius 2 is 1.69 bits per heavy atom. The Balaban J connectivity index is 1.33. The fraction of sp³-hybridized carbons (Fsp3) is 0.316. The van der Waals surface area contributed by atoms with Crippen molar-refractivity contribution in [3.05, 3.63) is 102 Å². The van der Waals surface area contributed by atoms with Gasteiger partial charge in [0.05, 0.1) is 35.2 Å². The fourth-order valence-electron chi connectivity index (χ4n) is 7.04. The van der Waals surface area contributed by atoms with Gasteiger partial charge in [-0.2, -0.15) is 22.0 Å². The van der Waals surface area contributed by atoms with E-state index in [2.05, 4.69) is 4.74 Å². The second-order valence-electron chi connectivity index (χ2n) is 13.4. The predicted octanol–water partition coefficient (Wildman–Crippen LogP) is 7.75. The molecular formula is C38H34F6N2O8S. The standard InChI is InChI=1S/C38H34F6N2O8S/c1-22(47)45(20-23-6-9-29(52-2)10-7-23)28-17-37(18-28,35(48)49)19-31-21-46(55(50,51)32-5-3-4-26(15-32)38(42,43)44)33-14-24(8-11-34(33)53-31)25-12-27(39)16-30(13-25)54-36(40)41/h3-16,28,31,36H,17-21H2,1-2H3,(H,48,49). The normalized spacial score (nSPS) is 19.5. The summed E-state index contributed by atoms with van der Waals surface area (Å²) in [5.41, 5.74) is -1.96. The van der Waals surface area contributed by atoms with E-state index < -0.39 is 74.9 Å². The molecule has 17 heteroatoms. The molecule has 55 heavy (non-hydrogen) atoms. The van der Waals surface area contributed by atoms with E-state index in [1.54, 1.807) is 29.2 Å². The molecule has 1 N–H and O–H groups in total. The van der Waals surface area contributed by atoms with Gasteiger partial charge < -0.3 is 24.2 Å². The number of aliphatic carboxylic acids is 1. The molecule has 1 heterocycles. The van der Waals surface area contributed by atoms with Crippen LogP contribution in [0.25, 0.3) is 11.1 Å². The minimum Gasteiger partial charge on any atom is -0.497 e. The summed E-state index contributed by atoms with van der Waals surface area (Å²) >= 11 is 0. The van der Waals surface area contributed by atoms with Crippen LogP contribution >= 0.6 is 0 Å². The lowest BCUT2D eigenvalue weighted by atomic mass is 9.62. The van der Waals surface area contributed by atoms with Gasteiger partial charge in [-0.25, -0.2) is 12.8 Å². The molecular weight excluding hydrogens is 758 g/mol. The Morgan fingerprint density at radius 1 is 0.982 bits per heavy atom. The minimum atomic E-state index is -4.88. The first kappa shape index (κ1) is 39.2. The number of benzene rings is 4. The Bertz CT molecular complexity index is 2190. The number of carboxylic acids is 1. The average Bonchev–Trinajstić information content (AvgIpc) is 3.10. The third-order valence-corrected chi connectivity index (χ3v) is 11.5. The molecule has 1 amide bonds. The molecule has 0 bridgehead atoms. The van der Waals surface area contributed by atoms with Crippen LogP contribution in [0.15, 0.2) is 89.8 Å². The molecule has 1 unspecified atom stereocenters. The summed E-state index contributed by atoms with van der Waals surface area (Å²) < 4.78 is 126. The van der Waals surface area contributed by atoms with E-state index in [1.807, 2.05) is 0 Å². The SMILES string of the molecule is COc1ccc(CN(C(C)=O)C2CC(CC3CN(S(=O)(=O)c4cccc(C(F)(F)F)c4)c4cc(-c5cc(F)cc(OC(F)F)c5)ccc4O3)(C(=O)O)C2)cc1. The lowest BCUT2D eigenvalue weighted by Gasteiger charge is -2.50. The number of amides is 1. The van der Waals surface area contributed by atoms with Gasteiger partial charge in [0, 0.05) is 32.0 Å². The summed E-state index contributed by atoms with van der Waals surface area (Å²) in [4.78, 5) is 26.4. The molecule has 1 aliphatic heterocycles. The third kappa shape index (κ3) is 8.30. The van der Waals surface area contributed by atoms with Gasteiger partial charge in [0.1, 0.15) is 29.2 Å². The van der Waals surface area contributed by atoms with Gasteiger partial charge in [0.2, 0.25) is 5.91 Å². The molecule has 4 aromatic rings. The number of fused-ring (bicyclic) bond motifs is 1. The fourth-order valence-corrected chi connectivity index (χ4v) is 8.58. The summed E-state index contributed by atoms with van der Waals surface area (Å²) in [6.45, 7) is -2.25. The molecule has 292 valence electrons. The number of anilines is 1. The average molecular weight is 793 g/mol. The predicted molar refractivity (Wildman–Crippen MR) is 186 cm³/mol. The monoisotopic (exact) mass is 792 g/mol.